The van der Waals surface area contributed by atoms with E-state index in [4.69, 9.17) is 11.6 Å². The van der Waals surface area contributed by atoms with Crippen molar-refractivity contribution in [1.82, 2.24) is 9.99 Å². The molecular formula is C20H18ClN5O2S. The van der Waals surface area contributed by atoms with Gasteiger partial charge in [-0.25, -0.2) is 4.98 Å². The van der Waals surface area contributed by atoms with E-state index in [1.54, 1.807) is 46.9 Å². The lowest BCUT2D eigenvalue weighted by Crippen LogP contribution is -2.19. The third-order valence-corrected chi connectivity index (χ3v) is 4.92. The van der Waals surface area contributed by atoms with Gasteiger partial charge in [0.1, 0.15) is 10.7 Å². The predicted molar refractivity (Wildman–Crippen MR) is 117 cm³/mol. The van der Waals surface area contributed by atoms with Gasteiger partial charge in [0.05, 0.1) is 16.9 Å². The Morgan fingerprint density at radius 2 is 1.93 bits per heavy atom. The highest BCUT2D eigenvalue weighted by atomic mass is 35.5. The van der Waals surface area contributed by atoms with E-state index >= 15 is 0 Å². The lowest BCUT2D eigenvalue weighted by Gasteiger charge is -2.18. The number of anilines is 3. The van der Waals surface area contributed by atoms with Crippen molar-refractivity contribution in [2.24, 2.45) is 5.10 Å². The number of hydrogen-bond acceptors (Lipinski definition) is 6. The van der Waals surface area contributed by atoms with Gasteiger partial charge in [0, 0.05) is 26.0 Å². The highest BCUT2D eigenvalue weighted by Crippen LogP contribution is 2.32. The summed E-state index contributed by atoms with van der Waals surface area (Å²) in [4.78, 5) is 30.4. The first-order valence-corrected chi connectivity index (χ1v) is 9.80. The summed E-state index contributed by atoms with van der Waals surface area (Å²) in [5, 5.41) is 10.8. The second kappa shape index (κ2) is 9.31. The third kappa shape index (κ3) is 5.18. The van der Waals surface area contributed by atoms with E-state index in [-0.39, 0.29) is 5.91 Å². The molecule has 0 unspecified atom stereocenters. The summed E-state index contributed by atoms with van der Waals surface area (Å²) in [5.41, 5.74) is 2.02. The molecule has 2 amide bonds. The predicted octanol–water partition coefficient (Wildman–Crippen LogP) is 4.24. The zero-order chi connectivity index (χ0) is 20.8. The van der Waals surface area contributed by atoms with Crippen LogP contribution in [0.2, 0.25) is 5.02 Å². The summed E-state index contributed by atoms with van der Waals surface area (Å²) in [6, 6.07) is 12.3. The van der Waals surface area contributed by atoms with Crippen molar-refractivity contribution < 1.29 is 9.59 Å². The second-order valence-electron chi connectivity index (χ2n) is 6.11. The lowest BCUT2D eigenvalue weighted by molar-refractivity contribution is -0.106. The molecule has 3 aromatic rings. The Hall–Kier alpha value is -3.23. The van der Waals surface area contributed by atoms with Crippen LogP contribution in [0.5, 0.6) is 0 Å². The maximum absolute atomic E-state index is 12.7. The van der Waals surface area contributed by atoms with Gasteiger partial charge in [0.15, 0.2) is 0 Å². The van der Waals surface area contributed by atoms with Crippen molar-refractivity contribution in [1.29, 1.82) is 0 Å². The van der Waals surface area contributed by atoms with Crippen LogP contribution < -0.4 is 10.2 Å². The highest BCUT2D eigenvalue weighted by molar-refractivity contribution is 7.12. The van der Waals surface area contributed by atoms with Gasteiger partial charge in [-0.15, -0.1) is 11.3 Å². The van der Waals surface area contributed by atoms with E-state index in [1.807, 2.05) is 26.2 Å². The van der Waals surface area contributed by atoms with Crippen LogP contribution in [0.3, 0.4) is 0 Å². The van der Waals surface area contributed by atoms with Crippen LogP contribution in [0.15, 0.2) is 59.1 Å². The van der Waals surface area contributed by atoms with Crippen molar-refractivity contribution >= 4 is 58.7 Å². The van der Waals surface area contributed by atoms with Gasteiger partial charge in [-0.1, -0.05) is 23.7 Å². The van der Waals surface area contributed by atoms with Crippen LogP contribution in [0.4, 0.5) is 17.2 Å². The topological polar surface area (TPSA) is 77.9 Å². The molecule has 0 aliphatic carbocycles. The number of pyridine rings is 1. The molecule has 29 heavy (non-hydrogen) atoms. The first-order chi connectivity index (χ1) is 14.0. The Morgan fingerprint density at radius 1 is 1.17 bits per heavy atom. The molecule has 0 spiro atoms. The molecule has 9 heteroatoms. The molecule has 1 aromatic carbocycles. The summed E-state index contributed by atoms with van der Waals surface area (Å²) < 4.78 is 0. The molecule has 3 rings (SSSR count). The van der Waals surface area contributed by atoms with E-state index in [0.29, 0.717) is 33.5 Å². The van der Waals surface area contributed by atoms with E-state index < -0.39 is 0 Å². The van der Waals surface area contributed by atoms with Gasteiger partial charge in [-0.05, 0) is 41.3 Å². The van der Waals surface area contributed by atoms with Crippen LogP contribution >= 0.6 is 22.9 Å². The number of amides is 2. The van der Waals surface area contributed by atoms with Gasteiger partial charge < -0.3 is 10.3 Å². The number of rotatable bonds is 7. The molecule has 2 heterocycles. The molecule has 0 radical (unpaired) electrons. The standard InChI is InChI=1S/C20H18ClN5O2S/c1-25(2)23-11-14-3-6-16(7-4-14)26(13-27)17-9-10-29-19(17)20(28)24-18-8-5-15(21)12-22-18/h3-13H,1-2H3,(H,22,24,28). The molecule has 1 N–H and O–H groups in total. The van der Waals surface area contributed by atoms with Gasteiger partial charge in [0.25, 0.3) is 5.91 Å². The molecule has 148 valence electrons. The van der Waals surface area contributed by atoms with Gasteiger partial charge in [-0.3, -0.25) is 14.5 Å². The van der Waals surface area contributed by atoms with Crippen LogP contribution in [0.1, 0.15) is 15.2 Å². The minimum absolute atomic E-state index is 0.355. The number of nitrogens with one attached hydrogen (secondary N) is 1. The average molecular weight is 428 g/mol. The van der Waals surface area contributed by atoms with Crippen molar-refractivity contribution in [2.75, 3.05) is 24.3 Å². The SMILES string of the molecule is CN(C)N=Cc1ccc(N(C=O)c2ccsc2C(=O)Nc2ccc(Cl)cn2)cc1. The fraction of sp³-hybridized carbons (Fsp3) is 0.100. The van der Waals surface area contributed by atoms with Crippen molar-refractivity contribution in [3.63, 3.8) is 0 Å². The first-order valence-electron chi connectivity index (χ1n) is 8.54. The minimum Gasteiger partial charge on any atom is -0.306 e. The van der Waals surface area contributed by atoms with Gasteiger partial charge in [0.2, 0.25) is 6.41 Å². The second-order valence-corrected chi connectivity index (χ2v) is 7.46. The molecule has 0 saturated heterocycles. The fourth-order valence-electron chi connectivity index (χ4n) is 2.44. The number of hydrazone groups is 1. The molecule has 2 aromatic heterocycles. The van der Waals surface area contributed by atoms with Crippen LogP contribution in [0.25, 0.3) is 0 Å². The summed E-state index contributed by atoms with van der Waals surface area (Å²) in [7, 11) is 3.67. The number of carbonyl (C=O) groups is 2. The summed E-state index contributed by atoms with van der Waals surface area (Å²) in [6.07, 6.45) is 3.85. The summed E-state index contributed by atoms with van der Waals surface area (Å²) in [6.45, 7) is 0. The Kier molecular flexibility index (Phi) is 6.58. The number of nitrogens with zero attached hydrogens (tertiary/aromatic N) is 4. The highest BCUT2D eigenvalue weighted by Gasteiger charge is 2.20. The Bertz CT molecular complexity index is 1020. The Morgan fingerprint density at radius 3 is 2.55 bits per heavy atom. The molecule has 0 fully saturated rings. The third-order valence-electron chi connectivity index (χ3n) is 3.79. The largest absolute Gasteiger partial charge is 0.306 e. The van der Waals surface area contributed by atoms with E-state index in [9.17, 15) is 9.59 Å². The van der Waals surface area contributed by atoms with Gasteiger partial charge in [-0.2, -0.15) is 5.10 Å². The molecular weight excluding hydrogens is 410 g/mol. The molecule has 0 bridgehead atoms. The maximum atomic E-state index is 12.7. The van der Waals surface area contributed by atoms with Crippen LogP contribution in [-0.2, 0) is 4.79 Å². The fourth-order valence-corrected chi connectivity index (χ4v) is 3.33. The van der Waals surface area contributed by atoms with E-state index in [1.165, 1.54) is 22.4 Å². The number of thiophene rings is 1. The zero-order valence-electron chi connectivity index (χ0n) is 15.7. The monoisotopic (exact) mass is 427 g/mol. The number of benzene rings is 1. The molecule has 0 atom stereocenters. The minimum atomic E-state index is -0.355. The Labute approximate surface area is 177 Å². The Balaban J connectivity index is 1.82. The molecule has 0 aliphatic rings. The quantitative estimate of drug-likeness (QED) is 0.347. The van der Waals surface area contributed by atoms with Crippen molar-refractivity contribution in [2.45, 2.75) is 0 Å². The van der Waals surface area contributed by atoms with E-state index in [2.05, 4.69) is 15.4 Å². The number of hydrogen-bond donors (Lipinski definition) is 1. The van der Waals surface area contributed by atoms with Gasteiger partial charge >= 0.3 is 0 Å². The summed E-state index contributed by atoms with van der Waals surface area (Å²) >= 11 is 7.06. The zero-order valence-corrected chi connectivity index (χ0v) is 17.3. The molecule has 0 aliphatic heterocycles. The lowest BCUT2D eigenvalue weighted by atomic mass is 10.2. The number of aromatic nitrogens is 1. The average Bonchev–Trinajstić information content (AvgIpc) is 3.19. The van der Waals surface area contributed by atoms with Crippen molar-refractivity contribution in [3.8, 4) is 0 Å². The molecule has 7 nitrogen and oxygen atoms in total. The van der Waals surface area contributed by atoms with E-state index in [0.717, 1.165) is 5.56 Å². The van der Waals surface area contributed by atoms with Crippen LogP contribution in [-0.4, -0.2) is 42.6 Å². The maximum Gasteiger partial charge on any atom is 0.269 e. The first kappa shape index (κ1) is 20.5. The smallest absolute Gasteiger partial charge is 0.269 e. The number of halogens is 1. The summed E-state index contributed by atoms with van der Waals surface area (Å²) in [5.74, 6) is 0.0207. The number of carbonyl (C=O) groups excluding carboxylic acids is 2. The van der Waals surface area contributed by atoms with Crippen molar-refractivity contribution in [3.05, 3.63) is 69.5 Å². The molecule has 0 saturated carbocycles. The normalized spacial score (nSPS) is 10.7. The van der Waals surface area contributed by atoms with Crippen LogP contribution in [0, 0.1) is 0 Å².